The summed E-state index contributed by atoms with van der Waals surface area (Å²) in [4.78, 5) is 24.3. The molecule has 0 radical (unpaired) electrons. The topological polar surface area (TPSA) is 87.5 Å². The summed E-state index contributed by atoms with van der Waals surface area (Å²) in [5.74, 6) is -0.310. The molecule has 1 atom stereocenters. The largest absolute Gasteiger partial charge is 0.351 e. The van der Waals surface area contributed by atoms with Gasteiger partial charge in [-0.1, -0.05) is 6.42 Å². The summed E-state index contributed by atoms with van der Waals surface area (Å²) >= 11 is 0. The van der Waals surface area contributed by atoms with Gasteiger partial charge in [-0.2, -0.15) is 0 Å². The molecule has 0 aromatic carbocycles. The molecule has 1 saturated heterocycles. The molecule has 1 heterocycles. The number of nitrogens with two attached hydrogens (primary N) is 1. The van der Waals surface area contributed by atoms with Gasteiger partial charge in [0.2, 0.25) is 5.91 Å². The maximum atomic E-state index is 11.4. The van der Waals surface area contributed by atoms with E-state index in [0.717, 1.165) is 13.1 Å². The van der Waals surface area contributed by atoms with Crippen LogP contribution >= 0.6 is 0 Å². The van der Waals surface area contributed by atoms with Crippen LogP contribution in [-0.4, -0.2) is 48.6 Å². The van der Waals surface area contributed by atoms with E-state index in [0.29, 0.717) is 25.0 Å². The van der Waals surface area contributed by atoms with Crippen LogP contribution in [0.2, 0.25) is 0 Å². The van der Waals surface area contributed by atoms with Gasteiger partial charge in [-0.25, -0.2) is 4.79 Å². The van der Waals surface area contributed by atoms with Crippen LogP contribution in [0.15, 0.2) is 0 Å². The first kappa shape index (κ1) is 15.9. The van der Waals surface area contributed by atoms with Crippen LogP contribution in [0.3, 0.4) is 0 Å². The van der Waals surface area contributed by atoms with E-state index in [-0.39, 0.29) is 5.91 Å². The minimum Gasteiger partial charge on any atom is -0.351 e. The van der Waals surface area contributed by atoms with Gasteiger partial charge < -0.3 is 11.1 Å². The highest BCUT2D eigenvalue weighted by Gasteiger charge is 2.19. The van der Waals surface area contributed by atoms with Crippen molar-refractivity contribution in [1.29, 1.82) is 0 Å². The third-order valence-electron chi connectivity index (χ3n) is 3.49. The number of nitrogens with zero attached hydrogens (tertiary/aromatic N) is 1. The van der Waals surface area contributed by atoms with E-state index in [1.165, 1.54) is 19.3 Å². The van der Waals surface area contributed by atoms with Gasteiger partial charge in [-0.15, -0.1) is 0 Å². The van der Waals surface area contributed by atoms with Crippen LogP contribution < -0.4 is 16.4 Å². The van der Waals surface area contributed by atoms with E-state index in [4.69, 9.17) is 5.73 Å². The molecule has 6 nitrogen and oxygen atoms in total. The number of imide groups is 1. The number of urea groups is 1. The van der Waals surface area contributed by atoms with Gasteiger partial charge in [0.1, 0.15) is 0 Å². The first-order valence-electron chi connectivity index (χ1n) is 7.05. The maximum Gasteiger partial charge on any atom is 0.318 e. The van der Waals surface area contributed by atoms with Crippen molar-refractivity contribution in [1.82, 2.24) is 15.5 Å². The van der Waals surface area contributed by atoms with E-state index < -0.39 is 6.03 Å². The zero-order valence-corrected chi connectivity index (χ0v) is 11.9. The van der Waals surface area contributed by atoms with Gasteiger partial charge in [0.25, 0.3) is 0 Å². The summed E-state index contributed by atoms with van der Waals surface area (Å²) in [6, 6.07) is 0.107. The van der Waals surface area contributed by atoms with Crippen molar-refractivity contribution >= 4 is 11.9 Å². The number of rotatable bonds is 6. The van der Waals surface area contributed by atoms with Gasteiger partial charge in [0, 0.05) is 31.6 Å². The van der Waals surface area contributed by atoms with Crippen molar-refractivity contribution in [3.8, 4) is 0 Å². The lowest BCUT2D eigenvalue weighted by molar-refractivity contribution is -0.120. The quantitative estimate of drug-likeness (QED) is 0.653. The molecule has 6 heteroatoms. The minimum atomic E-state index is -0.782. The highest BCUT2D eigenvalue weighted by molar-refractivity contribution is 5.93. The van der Waals surface area contributed by atoms with E-state index in [1.807, 2.05) is 0 Å². The minimum absolute atomic E-state index is 0.299. The number of hydrogen-bond donors (Lipinski definition) is 3. The highest BCUT2D eigenvalue weighted by atomic mass is 16.2. The molecule has 3 amide bonds. The SMILES string of the molecule is CC(C)N(CCC(=O)NC(N)=O)CC1CCCCN1. The van der Waals surface area contributed by atoms with Crippen molar-refractivity contribution in [2.24, 2.45) is 5.73 Å². The van der Waals surface area contributed by atoms with Crippen molar-refractivity contribution in [3.63, 3.8) is 0 Å². The molecule has 1 fully saturated rings. The molecule has 0 aromatic heterocycles. The summed E-state index contributed by atoms with van der Waals surface area (Å²) in [5, 5.41) is 5.61. The number of nitrogens with one attached hydrogen (secondary N) is 2. The third kappa shape index (κ3) is 6.54. The predicted molar refractivity (Wildman–Crippen MR) is 74.7 cm³/mol. The number of carbonyl (C=O) groups excluding carboxylic acids is 2. The molecule has 1 unspecified atom stereocenters. The first-order chi connectivity index (χ1) is 8.99. The van der Waals surface area contributed by atoms with Crippen molar-refractivity contribution in [2.75, 3.05) is 19.6 Å². The molecule has 4 N–H and O–H groups in total. The highest BCUT2D eigenvalue weighted by Crippen LogP contribution is 2.10. The van der Waals surface area contributed by atoms with Crippen LogP contribution in [0.25, 0.3) is 0 Å². The Morgan fingerprint density at radius 1 is 1.42 bits per heavy atom. The van der Waals surface area contributed by atoms with Crippen LogP contribution in [0.4, 0.5) is 4.79 Å². The molecule has 0 bridgehead atoms. The molecular formula is C13H26N4O2. The van der Waals surface area contributed by atoms with E-state index >= 15 is 0 Å². The lowest BCUT2D eigenvalue weighted by atomic mass is 10.0. The van der Waals surface area contributed by atoms with Crippen molar-refractivity contribution < 1.29 is 9.59 Å². The summed E-state index contributed by atoms with van der Waals surface area (Å²) in [7, 11) is 0. The first-order valence-corrected chi connectivity index (χ1v) is 7.05. The molecule has 1 aliphatic rings. The Labute approximate surface area is 115 Å². The molecular weight excluding hydrogens is 244 g/mol. The number of hydrogen-bond acceptors (Lipinski definition) is 4. The second kappa shape index (κ2) is 8.12. The molecule has 0 aromatic rings. The number of amides is 3. The fraction of sp³-hybridized carbons (Fsp3) is 0.846. The molecule has 19 heavy (non-hydrogen) atoms. The standard InChI is InChI=1S/C13H26N4O2/c1-10(2)17(8-6-12(18)16-13(14)19)9-11-5-3-4-7-15-11/h10-11,15H,3-9H2,1-2H3,(H3,14,16,18,19). The summed E-state index contributed by atoms with van der Waals surface area (Å²) in [6.45, 7) is 6.92. The van der Waals surface area contributed by atoms with Crippen molar-refractivity contribution in [2.45, 2.75) is 51.6 Å². The smallest absolute Gasteiger partial charge is 0.318 e. The summed E-state index contributed by atoms with van der Waals surface area (Å²) in [6.07, 6.45) is 4.01. The van der Waals surface area contributed by atoms with Crippen molar-refractivity contribution in [3.05, 3.63) is 0 Å². The lowest BCUT2D eigenvalue weighted by Gasteiger charge is -2.33. The fourth-order valence-corrected chi connectivity index (χ4v) is 2.37. The Morgan fingerprint density at radius 2 is 2.16 bits per heavy atom. The Balaban J connectivity index is 2.35. The average molecular weight is 270 g/mol. The predicted octanol–water partition coefficient (Wildman–Crippen LogP) is 0.424. The molecule has 0 spiro atoms. The van der Waals surface area contributed by atoms with Crippen LogP contribution in [0.1, 0.15) is 39.5 Å². The Bertz CT molecular complexity index is 301. The molecule has 0 aliphatic carbocycles. The second-order valence-electron chi connectivity index (χ2n) is 5.40. The van der Waals surface area contributed by atoms with Gasteiger partial charge in [0.05, 0.1) is 0 Å². The Kier molecular flexibility index (Phi) is 6.80. The molecule has 0 saturated carbocycles. The number of carbonyl (C=O) groups is 2. The van der Waals surface area contributed by atoms with Gasteiger partial charge in [0.15, 0.2) is 0 Å². The summed E-state index contributed by atoms with van der Waals surface area (Å²) < 4.78 is 0. The van der Waals surface area contributed by atoms with Gasteiger partial charge in [-0.3, -0.25) is 15.0 Å². The fourth-order valence-electron chi connectivity index (χ4n) is 2.37. The number of primary amides is 1. The van der Waals surface area contributed by atoms with Crippen LogP contribution in [-0.2, 0) is 4.79 Å². The second-order valence-corrected chi connectivity index (χ2v) is 5.40. The summed E-state index contributed by atoms with van der Waals surface area (Å²) in [5.41, 5.74) is 4.91. The Hall–Kier alpha value is -1.14. The van der Waals surface area contributed by atoms with Gasteiger partial charge in [-0.05, 0) is 33.2 Å². The Morgan fingerprint density at radius 3 is 2.68 bits per heavy atom. The monoisotopic (exact) mass is 270 g/mol. The van der Waals surface area contributed by atoms with E-state index in [9.17, 15) is 9.59 Å². The number of piperidine rings is 1. The third-order valence-corrected chi connectivity index (χ3v) is 3.49. The average Bonchev–Trinajstić information content (AvgIpc) is 2.34. The zero-order valence-electron chi connectivity index (χ0n) is 11.9. The van der Waals surface area contributed by atoms with Crippen LogP contribution in [0.5, 0.6) is 0 Å². The lowest BCUT2D eigenvalue weighted by Crippen LogP contribution is -2.47. The molecule has 1 rings (SSSR count). The van der Waals surface area contributed by atoms with Gasteiger partial charge >= 0.3 is 6.03 Å². The normalized spacial score (nSPS) is 19.7. The van der Waals surface area contributed by atoms with Crippen LogP contribution in [0, 0.1) is 0 Å². The maximum absolute atomic E-state index is 11.4. The molecule has 110 valence electrons. The zero-order chi connectivity index (χ0) is 14.3. The van der Waals surface area contributed by atoms with E-state index in [2.05, 4.69) is 29.4 Å². The molecule has 1 aliphatic heterocycles. The van der Waals surface area contributed by atoms with E-state index in [1.54, 1.807) is 0 Å².